The molecule has 1 aliphatic rings. The number of nitrogens with one attached hydrogen (secondary N) is 2. The SMILES string of the molecule is CNC(=O)c1ccc(-c2cc3c(N[C@@H]4CCN(C(=O)CO)CC4(C)C)c(C(N)=O)cnn3c2)cn1. The average Bonchev–Trinajstić information content (AvgIpc) is 3.28. The minimum Gasteiger partial charge on any atom is -0.387 e. The van der Waals surface area contributed by atoms with Crippen LogP contribution >= 0.6 is 0 Å². The second kappa shape index (κ2) is 9.34. The van der Waals surface area contributed by atoms with Crippen molar-refractivity contribution in [1.29, 1.82) is 0 Å². The van der Waals surface area contributed by atoms with Gasteiger partial charge in [-0.25, -0.2) is 4.52 Å². The lowest BCUT2D eigenvalue weighted by atomic mass is 9.78. The van der Waals surface area contributed by atoms with Crippen LogP contribution in [-0.2, 0) is 4.79 Å². The monoisotopic (exact) mass is 479 g/mol. The van der Waals surface area contributed by atoms with Gasteiger partial charge in [-0.05, 0) is 18.6 Å². The number of likely N-dealkylation sites (tertiary alicyclic amines) is 1. The second-order valence-electron chi connectivity index (χ2n) is 9.31. The fraction of sp³-hybridized carbons (Fsp3) is 0.375. The molecule has 3 aromatic rings. The molecule has 3 amide bonds. The molecule has 0 radical (unpaired) electrons. The molecule has 5 N–H and O–H groups in total. The number of aliphatic hydroxyl groups excluding tert-OH is 1. The van der Waals surface area contributed by atoms with E-state index < -0.39 is 12.5 Å². The van der Waals surface area contributed by atoms with Crippen molar-refractivity contribution in [3.63, 3.8) is 0 Å². The Labute approximate surface area is 202 Å². The Morgan fingerprint density at radius 1 is 1.23 bits per heavy atom. The Balaban J connectivity index is 1.70. The van der Waals surface area contributed by atoms with Crippen molar-refractivity contribution in [2.24, 2.45) is 11.1 Å². The summed E-state index contributed by atoms with van der Waals surface area (Å²) in [6, 6.07) is 5.25. The fourth-order valence-corrected chi connectivity index (χ4v) is 4.49. The first-order chi connectivity index (χ1) is 16.6. The predicted octanol–water partition coefficient (Wildman–Crippen LogP) is 0.886. The van der Waals surface area contributed by atoms with Crippen LogP contribution in [0.1, 0.15) is 41.1 Å². The molecular formula is C24H29N7O4. The molecule has 0 unspecified atom stereocenters. The summed E-state index contributed by atoms with van der Waals surface area (Å²) < 4.78 is 1.66. The molecule has 11 heteroatoms. The van der Waals surface area contributed by atoms with Crippen LogP contribution in [0.4, 0.5) is 5.69 Å². The van der Waals surface area contributed by atoms with Gasteiger partial charge < -0.3 is 26.4 Å². The highest BCUT2D eigenvalue weighted by atomic mass is 16.3. The Morgan fingerprint density at radius 2 is 2.00 bits per heavy atom. The van der Waals surface area contributed by atoms with Gasteiger partial charge in [-0.3, -0.25) is 19.4 Å². The molecule has 11 nitrogen and oxygen atoms in total. The minimum absolute atomic E-state index is 0.0681. The summed E-state index contributed by atoms with van der Waals surface area (Å²) in [4.78, 5) is 41.9. The van der Waals surface area contributed by atoms with Gasteiger partial charge >= 0.3 is 0 Å². The van der Waals surface area contributed by atoms with Crippen LogP contribution in [0.25, 0.3) is 16.6 Å². The number of nitrogens with two attached hydrogens (primary N) is 1. The highest BCUT2D eigenvalue weighted by Crippen LogP contribution is 2.35. The zero-order chi connectivity index (χ0) is 25.3. The number of aromatic nitrogens is 3. The standard InChI is InChI=1S/C24H29N7O4/c1-24(2)13-30(20(33)12-32)7-6-19(24)29-21-16(22(25)34)10-28-31-11-15(8-18(21)31)14-4-5-17(27-9-14)23(35)26-3/h4-5,8-11,19,29,32H,6-7,12-13H2,1-3H3,(H2,25,34)(H,26,35)/t19-/m1/s1. The van der Waals surface area contributed by atoms with E-state index in [4.69, 9.17) is 5.73 Å². The number of rotatable bonds is 6. The number of hydrogen-bond donors (Lipinski definition) is 4. The van der Waals surface area contributed by atoms with Crippen LogP contribution < -0.4 is 16.4 Å². The maximum absolute atomic E-state index is 12.3. The number of carbonyl (C=O) groups excluding carboxylic acids is 3. The molecule has 1 fully saturated rings. The van der Waals surface area contributed by atoms with Crippen LogP contribution in [0.3, 0.4) is 0 Å². The van der Waals surface area contributed by atoms with Crippen molar-refractivity contribution < 1.29 is 19.5 Å². The van der Waals surface area contributed by atoms with Crippen molar-refractivity contribution in [2.75, 3.05) is 32.1 Å². The van der Waals surface area contributed by atoms with E-state index in [0.29, 0.717) is 36.4 Å². The Hall–Kier alpha value is -3.99. The first-order valence-corrected chi connectivity index (χ1v) is 11.3. The summed E-state index contributed by atoms with van der Waals surface area (Å²) in [6.45, 7) is 4.51. The summed E-state index contributed by atoms with van der Waals surface area (Å²) in [6.07, 6.45) is 5.49. The Morgan fingerprint density at radius 3 is 2.60 bits per heavy atom. The zero-order valence-corrected chi connectivity index (χ0v) is 19.9. The molecule has 35 heavy (non-hydrogen) atoms. The van der Waals surface area contributed by atoms with E-state index in [1.54, 1.807) is 34.8 Å². The van der Waals surface area contributed by atoms with Crippen LogP contribution in [0, 0.1) is 5.41 Å². The van der Waals surface area contributed by atoms with E-state index in [-0.39, 0.29) is 28.8 Å². The number of anilines is 1. The van der Waals surface area contributed by atoms with Gasteiger partial charge in [-0.15, -0.1) is 0 Å². The topological polar surface area (TPSA) is 155 Å². The zero-order valence-electron chi connectivity index (χ0n) is 19.9. The Bertz CT molecular complexity index is 1280. The van der Waals surface area contributed by atoms with E-state index in [2.05, 4.69) is 20.7 Å². The minimum atomic E-state index is -0.604. The van der Waals surface area contributed by atoms with E-state index >= 15 is 0 Å². The number of pyridine rings is 1. The molecule has 0 aliphatic carbocycles. The number of amides is 3. The lowest BCUT2D eigenvalue weighted by Crippen LogP contribution is -2.54. The van der Waals surface area contributed by atoms with Gasteiger partial charge in [0.2, 0.25) is 5.91 Å². The third-order valence-corrected chi connectivity index (χ3v) is 6.50. The highest BCUT2D eigenvalue weighted by Gasteiger charge is 2.38. The number of primary amides is 1. The largest absolute Gasteiger partial charge is 0.387 e. The molecule has 0 bridgehead atoms. The van der Waals surface area contributed by atoms with E-state index in [9.17, 15) is 19.5 Å². The summed E-state index contributed by atoms with van der Waals surface area (Å²) in [5.41, 5.74) is 8.73. The lowest BCUT2D eigenvalue weighted by molar-refractivity contribution is -0.137. The number of aliphatic hydroxyl groups is 1. The molecule has 3 aromatic heterocycles. The van der Waals surface area contributed by atoms with Gasteiger partial charge in [0.05, 0.1) is 23.0 Å². The summed E-state index contributed by atoms with van der Waals surface area (Å²) in [7, 11) is 1.55. The normalized spacial score (nSPS) is 17.3. The van der Waals surface area contributed by atoms with Crippen molar-refractivity contribution in [3.05, 3.63) is 48.0 Å². The van der Waals surface area contributed by atoms with Crippen LogP contribution in [0.15, 0.2) is 36.8 Å². The van der Waals surface area contributed by atoms with Crippen molar-refractivity contribution in [2.45, 2.75) is 26.3 Å². The summed E-state index contributed by atoms with van der Waals surface area (Å²) in [5, 5.41) is 19.6. The molecule has 184 valence electrons. The van der Waals surface area contributed by atoms with Crippen LogP contribution in [-0.4, -0.2) is 75.1 Å². The second-order valence-corrected chi connectivity index (χ2v) is 9.31. The number of fused-ring (bicyclic) bond motifs is 1. The van der Waals surface area contributed by atoms with Gasteiger partial charge in [-0.1, -0.05) is 19.9 Å². The predicted molar refractivity (Wildman–Crippen MR) is 130 cm³/mol. The smallest absolute Gasteiger partial charge is 0.269 e. The molecule has 1 aliphatic heterocycles. The van der Waals surface area contributed by atoms with E-state index in [0.717, 1.165) is 11.1 Å². The number of hydrogen-bond acceptors (Lipinski definition) is 7. The van der Waals surface area contributed by atoms with Crippen molar-refractivity contribution >= 4 is 28.9 Å². The quantitative estimate of drug-likeness (QED) is 0.409. The summed E-state index contributed by atoms with van der Waals surface area (Å²) in [5.74, 6) is -1.17. The molecular weight excluding hydrogens is 450 g/mol. The maximum atomic E-state index is 12.3. The first kappa shape index (κ1) is 24.1. The van der Waals surface area contributed by atoms with E-state index in [1.165, 1.54) is 6.20 Å². The molecule has 4 heterocycles. The number of nitrogens with zero attached hydrogens (tertiary/aromatic N) is 4. The van der Waals surface area contributed by atoms with Gasteiger partial charge in [-0.2, -0.15) is 5.10 Å². The molecule has 4 rings (SSSR count). The lowest BCUT2D eigenvalue weighted by Gasteiger charge is -2.45. The van der Waals surface area contributed by atoms with Crippen molar-refractivity contribution in [3.8, 4) is 11.1 Å². The van der Waals surface area contributed by atoms with E-state index in [1.807, 2.05) is 26.1 Å². The number of carbonyl (C=O) groups is 3. The summed E-state index contributed by atoms with van der Waals surface area (Å²) >= 11 is 0. The highest BCUT2D eigenvalue weighted by molar-refractivity contribution is 6.02. The molecule has 0 aromatic carbocycles. The third-order valence-electron chi connectivity index (χ3n) is 6.50. The molecule has 0 saturated carbocycles. The number of piperidine rings is 1. The van der Waals surface area contributed by atoms with Gasteiger partial charge in [0.15, 0.2) is 0 Å². The van der Waals surface area contributed by atoms with Gasteiger partial charge in [0.25, 0.3) is 11.8 Å². The third kappa shape index (κ3) is 4.67. The van der Waals surface area contributed by atoms with Crippen LogP contribution in [0.2, 0.25) is 0 Å². The van der Waals surface area contributed by atoms with Crippen LogP contribution in [0.5, 0.6) is 0 Å². The van der Waals surface area contributed by atoms with Gasteiger partial charge in [0, 0.05) is 55.1 Å². The fourth-order valence-electron chi connectivity index (χ4n) is 4.49. The average molecular weight is 480 g/mol. The van der Waals surface area contributed by atoms with Gasteiger partial charge in [0.1, 0.15) is 12.3 Å². The molecule has 1 atom stereocenters. The Kier molecular flexibility index (Phi) is 6.44. The maximum Gasteiger partial charge on any atom is 0.269 e. The molecule has 1 saturated heterocycles. The van der Waals surface area contributed by atoms with Crippen molar-refractivity contribution in [1.82, 2.24) is 24.8 Å². The molecule has 0 spiro atoms. The first-order valence-electron chi connectivity index (χ1n) is 11.3.